The number of halogens is 1. The van der Waals surface area contributed by atoms with Gasteiger partial charge in [-0.25, -0.2) is 0 Å². The first-order valence-electron chi connectivity index (χ1n) is 9.17. The van der Waals surface area contributed by atoms with E-state index in [9.17, 15) is 4.79 Å². The summed E-state index contributed by atoms with van der Waals surface area (Å²) in [6, 6.07) is 7.73. The number of quaternary nitrogens is 1. The van der Waals surface area contributed by atoms with Crippen molar-refractivity contribution in [2.75, 3.05) is 32.8 Å². The molecular formula is C19H28ClN2O3+. The molecule has 3 rings (SSSR count). The maximum absolute atomic E-state index is 12.4. The number of hydrogen-bond acceptors (Lipinski definition) is 3. The lowest BCUT2D eigenvalue weighted by molar-refractivity contribution is -0.940. The molecule has 0 radical (unpaired) electrons. The van der Waals surface area contributed by atoms with Crippen LogP contribution in [0.4, 0.5) is 0 Å². The number of rotatable bonds is 4. The minimum absolute atomic E-state index is 0.0621. The first-order chi connectivity index (χ1) is 12.0. The molecule has 2 aliphatic heterocycles. The van der Waals surface area contributed by atoms with Crippen LogP contribution in [0, 0.1) is 0 Å². The van der Waals surface area contributed by atoms with Gasteiger partial charge in [0.1, 0.15) is 31.0 Å². The van der Waals surface area contributed by atoms with Crippen LogP contribution in [-0.4, -0.2) is 61.8 Å². The summed E-state index contributed by atoms with van der Waals surface area (Å²) < 4.78 is 11.4. The summed E-state index contributed by atoms with van der Waals surface area (Å²) in [6.45, 7) is 8.18. The zero-order valence-electron chi connectivity index (χ0n) is 15.0. The molecule has 1 N–H and O–H groups in total. The number of ether oxygens (including phenoxy) is 2. The zero-order valence-corrected chi connectivity index (χ0v) is 15.8. The summed E-state index contributed by atoms with van der Waals surface area (Å²) in [5.41, 5.74) is 0. The quantitative estimate of drug-likeness (QED) is 0.874. The van der Waals surface area contributed by atoms with E-state index < -0.39 is 0 Å². The predicted octanol–water partition coefficient (Wildman–Crippen LogP) is 1.40. The molecule has 0 spiro atoms. The Morgan fingerprint density at radius 3 is 2.40 bits per heavy atom. The van der Waals surface area contributed by atoms with Crippen LogP contribution in [-0.2, 0) is 9.53 Å². The third-order valence-electron chi connectivity index (χ3n) is 5.16. The van der Waals surface area contributed by atoms with Gasteiger partial charge >= 0.3 is 0 Å². The third-order valence-corrected chi connectivity index (χ3v) is 5.42. The van der Waals surface area contributed by atoms with Crippen LogP contribution >= 0.6 is 11.6 Å². The molecule has 1 aromatic carbocycles. The minimum Gasteiger partial charge on any atom is -0.484 e. The zero-order chi connectivity index (χ0) is 17.8. The Labute approximate surface area is 154 Å². The van der Waals surface area contributed by atoms with Crippen molar-refractivity contribution in [3.63, 3.8) is 0 Å². The van der Waals surface area contributed by atoms with E-state index in [0.29, 0.717) is 29.0 Å². The number of carbonyl (C=O) groups excluding carboxylic acids is 1. The SMILES string of the molecule is C[C@H]1C[NH+](C2CCN(C(=O)COc3ccc(Cl)cc3)CC2)C[C@H](C)O1. The summed E-state index contributed by atoms with van der Waals surface area (Å²) in [6.07, 6.45) is 2.76. The Balaban J connectivity index is 1.43. The summed E-state index contributed by atoms with van der Waals surface area (Å²) >= 11 is 5.85. The Morgan fingerprint density at radius 1 is 1.20 bits per heavy atom. The van der Waals surface area contributed by atoms with Crippen molar-refractivity contribution in [1.29, 1.82) is 0 Å². The molecule has 1 amide bonds. The fourth-order valence-electron chi connectivity index (χ4n) is 3.95. The number of piperidine rings is 1. The van der Waals surface area contributed by atoms with Gasteiger partial charge in [-0.1, -0.05) is 11.6 Å². The lowest BCUT2D eigenvalue weighted by Gasteiger charge is -2.40. The Hall–Kier alpha value is -1.30. The predicted molar refractivity (Wildman–Crippen MR) is 97.3 cm³/mol. The van der Waals surface area contributed by atoms with Gasteiger partial charge in [0.15, 0.2) is 6.61 Å². The smallest absolute Gasteiger partial charge is 0.260 e. The van der Waals surface area contributed by atoms with E-state index in [0.717, 1.165) is 39.0 Å². The number of morpholine rings is 1. The minimum atomic E-state index is 0.0621. The summed E-state index contributed by atoms with van der Waals surface area (Å²) in [4.78, 5) is 15.9. The highest BCUT2D eigenvalue weighted by Crippen LogP contribution is 2.16. The van der Waals surface area contributed by atoms with Crippen molar-refractivity contribution in [1.82, 2.24) is 4.90 Å². The van der Waals surface area contributed by atoms with E-state index in [1.807, 2.05) is 4.90 Å². The van der Waals surface area contributed by atoms with Crippen molar-refractivity contribution in [3.05, 3.63) is 29.3 Å². The molecule has 0 unspecified atom stereocenters. The number of hydrogen-bond donors (Lipinski definition) is 1. The fraction of sp³-hybridized carbons (Fsp3) is 0.632. The molecule has 2 saturated heterocycles. The molecule has 0 bridgehead atoms. The second kappa shape index (κ2) is 8.39. The van der Waals surface area contributed by atoms with E-state index in [1.165, 1.54) is 0 Å². The molecule has 6 heteroatoms. The molecule has 0 aliphatic carbocycles. The lowest BCUT2D eigenvalue weighted by atomic mass is 10.0. The van der Waals surface area contributed by atoms with Crippen LogP contribution in [0.15, 0.2) is 24.3 Å². The van der Waals surface area contributed by atoms with Crippen molar-refractivity contribution >= 4 is 17.5 Å². The lowest BCUT2D eigenvalue weighted by Crippen LogP contribution is -3.19. The fourth-order valence-corrected chi connectivity index (χ4v) is 4.08. The van der Waals surface area contributed by atoms with Crippen LogP contribution in [0.25, 0.3) is 0 Å². The first kappa shape index (κ1) is 18.5. The second-order valence-corrected chi connectivity index (χ2v) is 7.66. The molecule has 0 aromatic heterocycles. The van der Waals surface area contributed by atoms with Crippen LogP contribution in [0.3, 0.4) is 0 Å². The van der Waals surface area contributed by atoms with E-state index in [2.05, 4.69) is 13.8 Å². The van der Waals surface area contributed by atoms with Gasteiger partial charge in [0.25, 0.3) is 5.91 Å². The number of nitrogens with zero attached hydrogens (tertiary/aromatic N) is 1. The van der Waals surface area contributed by atoms with Crippen LogP contribution < -0.4 is 9.64 Å². The standard InChI is InChI=1S/C19H27ClN2O3/c1-14-11-22(12-15(2)25-14)17-7-9-21(10-8-17)19(23)13-24-18-5-3-16(20)4-6-18/h3-6,14-15,17H,7-13H2,1-2H3/p+1/t14-,15-/m0/s1. The van der Waals surface area contributed by atoms with Gasteiger partial charge in [0.05, 0.1) is 6.04 Å². The Kier molecular flexibility index (Phi) is 6.20. The van der Waals surface area contributed by atoms with E-state index in [1.54, 1.807) is 29.2 Å². The van der Waals surface area contributed by atoms with Crippen molar-refractivity contribution in [3.8, 4) is 5.75 Å². The van der Waals surface area contributed by atoms with Crippen LogP contribution in [0.2, 0.25) is 5.02 Å². The topological polar surface area (TPSA) is 43.2 Å². The van der Waals surface area contributed by atoms with Crippen molar-refractivity contribution in [2.24, 2.45) is 0 Å². The van der Waals surface area contributed by atoms with Gasteiger partial charge in [0.2, 0.25) is 0 Å². The molecular weight excluding hydrogens is 340 g/mol. The maximum atomic E-state index is 12.4. The maximum Gasteiger partial charge on any atom is 0.260 e. The monoisotopic (exact) mass is 367 g/mol. The summed E-state index contributed by atoms with van der Waals surface area (Å²) in [5, 5.41) is 0.662. The number of likely N-dealkylation sites (tertiary alicyclic amines) is 1. The van der Waals surface area contributed by atoms with Crippen molar-refractivity contribution < 1.29 is 19.2 Å². The highest BCUT2D eigenvalue weighted by atomic mass is 35.5. The molecule has 2 aliphatic rings. The highest BCUT2D eigenvalue weighted by Gasteiger charge is 2.34. The van der Waals surface area contributed by atoms with Crippen LogP contribution in [0.5, 0.6) is 5.75 Å². The van der Waals surface area contributed by atoms with Gasteiger partial charge in [-0.2, -0.15) is 0 Å². The van der Waals surface area contributed by atoms with E-state index in [4.69, 9.17) is 21.1 Å². The summed E-state index contributed by atoms with van der Waals surface area (Å²) in [7, 11) is 0. The third kappa shape index (κ3) is 5.09. The molecule has 0 saturated carbocycles. The van der Waals surface area contributed by atoms with Gasteiger partial charge < -0.3 is 19.3 Å². The van der Waals surface area contributed by atoms with Gasteiger partial charge in [0, 0.05) is 31.0 Å². The average molecular weight is 368 g/mol. The normalized spacial score (nSPS) is 28.0. The first-order valence-corrected chi connectivity index (χ1v) is 9.55. The number of benzene rings is 1. The molecule has 2 heterocycles. The molecule has 138 valence electrons. The van der Waals surface area contributed by atoms with Gasteiger partial charge in [-0.05, 0) is 38.1 Å². The molecule has 2 atom stereocenters. The highest BCUT2D eigenvalue weighted by molar-refractivity contribution is 6.30. The number of nitrogens with one attached hydrogen (secondary N) is 1. The van der Waals surface area contributed by atoms with E-state index >= 15 is 0 Å². The molecule has 1 aromatic rings. The summed E-state index contributed by atoms with van der Waals surface area (Å²) in [5.74, 6) is 0.737. The molecule has 25 heavy (non-hydrogen) atoms. The Bertz CT molecular complexity index is 563. The van der Waals surface area contributed by atoms with Gasteiger partial charge in [-0.3, -0.25) is 4.79 Å². The van der Waals surface area contributed by atoms with Gasteiger partial charge in [-0.15, -0.1) is 0 Å². The molecule has 5 nitrogen and oxygen atoms in total. The second-order valence-electron chi connectivity index (χ2n) is 7.22. The Morgan fingerprint density at radius 2 is 1.80 bits per heavy atom. The molecule has 2 fully saturated rings. The number of carbonyl (C=O) groups is 1. The average Bonchev–Trinajstić information content (AvgIpc) is 2.60. The number of amides is 1. The van der Waals surface area contributed by atoms with Crippen LogP contribution in [0.1, 0.15) is 26.7 Å². The largest absolute Gasteiger partial charge is 0.484 e. The van der Waals surface area contributed by atoms with E-state index in [-0.39, 0.29) is 12.5 Å². The van der Waals surface area contributed by atoms with Crippen molar-refractivity contribution in [2.45, 2.75) is 44.9 Å².